The second-order valence-electron chi connectivity index (χ2n) is 6.67. The summed E-state index contributed by atoms with van der Waals surface area (Å²) in [6.45, 7) is 2.39. The van der Waals surface area contributed by atoms with Gasteiger partial charge in [0, 0.05) is 11.1 Å². The van der Waals surface area contributed by atoms with Crippen LogP contribution in [-0.4, -0.2) is 22.6 Å². The molecule has 0 aliphatic rings. The first-order valence-electron chi connectivity index (χ1n) is 9.64. The maximum atomic E-state index is 12.6. The molecule has 32 heavy (non-hydrogen) atoms. The summed E-state index contributed by atoms with van der Waals surface area (Å²) in [6.07, 6.45) is 0. The van der Waals surface area contributed by atoms with Gasteiger partial charge in [0.25, 0.3) is 5.91 Å². The molecule has 9 heteroatoms. The minimum absolute atomic E-state index is 0.108. The molecule has 0 saturated carbocycles. The SMILES string of the molecule is CCOc1cccc(C(=O)NC(=S)Nc2cc(-c3nc4ccccc4s3)c(Cl)cc2Cl)c1. The molecule has 3 aromatic carbocycles. The molecule has 4 rings (SSSR count). The number of aromatic nitrogens is 1. The van der Waals surface area contributed by atoms with Crippen molar-refractivity contribution in [2.75, 3.05) is 11.9 Å². The van der Waals surface area contributed by atoms with E-state index in [0.717, 1.165) is 20.8 Å². The summed E-state index contributed by atoms with van der Waals surface area (Å²) in [4.78, 5) is 17.2. The highest BCUT2D eigenvalue weighted by Crippen LogP contribution is 2.38. The third-order valence-electron chi connectivity index (χ3n) is 4.46. The number of hydrogen-bond donors (Lipinski definition) is 2. The van der Waals surface area contributed by atoms with E-state index in [1.807, 2.05) is 31.2 Å². The first kappa shape index (κ1) is 22.5. The Bertz CT molecular complexity index is 1290. The molecule has 2 N–H and O–H groups in total. The van der Waals surface area contributed by atoms with E-state index >= 15 is 0 Å². The highest BCUT2D eigenvalue weighted by Gasteiger charge is 2.15. The number of amides is 1. The Morgan fingerprint density at radius 3 is 2.69 bits per heavy atom. The van der Waals surface area contributed by atoms with Crippen LogP contribution in [0.2, 0.25) is 10.0 Å². The summed E-state index contributed by atoms with van der Waals surface area (Å²) in [7, 11) is 0. The van der Waals surface area contributed by atoms with Gasteiger partial charge in [-0.2, -0.15) is 0 Å². The van der Waals surface area contributed by atoms with Gasteiger partial charge >= 0.3 is 0 Å². The van der Waals surface area contributed by atoms with Crippen molar-refractivity contribution in [3.63, 3.8) is 0 Å². The highest BCUT2D eigenvalue weighted by molar-refractivity contribution is 7.80. The molecule has 1 heterocycles. The van der Waals surface area contributed by atoms with E-state index in [1.54, 1.807) is 36.4 Å². The van der Waals surface area contributed by atoms with Crippen LogP contribution in [0.5, 0.6) is 5.75 Å². The topological polar surface area (TPSA) is 63.2 Å². The number of fused-ring (bicyclic) bond motifs is 1. The van der Waals surface area contributed by atoms with E-state index < -0.39 is 0 Å². The van der Waals surface area contributed by atoms with Crippen LogP contribution in [0.1, 0.15) is 17.3 Å². The molecule has 0 atom stereocenters. The Kier molecular flexibility index (Phi) is 6.91. The average Bonchev–Trinajstić information content (AvgIpc) is 3.20. The molecule has 0 radical (unpaired) electrons. The summed E-state index contributed by atoms with van der Waals surface area (Å²) in [5.41, 5.74) is 2.56. The molecule has 1 amide bonds. The summed E-state index contributed by atoms with van der Waals surface area (Å²) in [5, 5.41) is 7.35. The van der Waals surface area contributed by atoms with Crippen molar-refractivity contribution in [2.45, 2.75) is 6.92 Å². The van der Waals surface area contributed by atoms with Crippen molar-refractivity contribution >= 4 is 73.7 Å². The number of halogens is 2. The van der Waals surface area contributed by atoms with Crippen LogP contribution in [0.3, 0.4) is 0 Å². The van der Waals surface area contributed by atoms with Crippen LogP contribution in [0, 0.1) is 0 Å². The van der Waals surface area contributed by atoms with Crippen molar-refractivity contribution in [1.82, 2.24) is 10.3 Å². The van der Waals surface area contributed by atoms with E-state index in [9.17, 15) is 4.79 Å². The molecule has 0 saturated heterocycles. The molecule has 0 spiro atoms. The van der Waals surface area contributed by atoms with E-state index in [0.29, 0.717) is 33.7 Å². The highest BCUT2D eigenvalue weighted by atomic mass is 35.5. The maximum absolute atomic E-state index is 12.6. The molecule has 0 unspecified atom stereocenters. The quantitative estimate of drug-likeness (QED) is 0.294. The second-order valence-corrected chi connectivity index (χ2v) is 8.92. The summed E-state index contributed by atoms with van der Waals surface area (Å²) >= 11 is 19.7. The van der Waals surface area contributed by atoms with Crippen molar-refractivity contribution in [1.29, 1.82) is 0 Å². The lowest BCUT2D eigenvalue weighted by molar-refractivity contribution is 0.0977. The smallest absolute Gasteiger partial charge is 0.257 e. The molecule has 4 aromatic rings. The van der Waals surface area contributed by atoms with Crippen LogP contribution < -0.4 is 15.4 Å². The monoisotopic (exact) mass is 501 g/mol. The van der Waals surface area contributed by atoms with Crippen molar-refractivity contribution in [3.8, 4) is 16.3 Å². The van der Waals surface area contributed by atoms with Gasteiger partial charge in [-0.1, -0.05) is 41.4 Å². The van der Waals surface area contributed by atoms with Crippen molar-refractivity contribution in [3.05, 3.63) is 76.3 Å². The molecule has 0 aliphatic heterocycles. The third-order valence-corrected chi connectivity index (χ3v) is 6.36. The van der Waals surface area contributed by atoms with Gasteiger partial charge in [-0.05, 0) is 61.6 Å². The van der Waals surface area contributed by atoms with Crippen molar-refractivity contribution < 1.29 is 9.53 Å². The number of ether oxygens (including phenoxy) is 1. The predicted octanol–water partition coefficient (Wildman–Crippen LogP) is 6.80. The molecule has 1 aromatic heterocycles. The second kappa shape index (κ2) is 9.83. The van der Waals surface area contributed by atoms with E-state index in [-0.39, 0.29) is 11.0 Å². The zero-order valence-electron chi connectivity index (χ0n) is 16.8. The molecular formula is C23H17Cl2N3O2S2. The number of thiocarbonyl (C=S) groups is 1. The number of nitrogens with one attached hydrogen (secondary N) is 2. The van der Waals surface area contributed by atoms with Gasteiger partial charge in [-0.25, -0.2) is 4.98 Å². The minimum Gasteiger partial charge on any atom is -0.494 e. The van der Waals surface area contributed by atoms with E-state index in [4.69, 9.17) is 40.2 Å². The van der Waals surface area contributed by atoms with Crippen LogP contribution in [-0.2, 0) is 0 Å². The number of hydrogen-bond acceptors (Lipinski definition) is 5. The molecule has 5 nitrogen and oxygen atoms in total. The number of para-hydroxylation sites is 1. The zero-order valence-corrected chi connectivity index (χ0v) is 20.0. The normalized spacial score (nSPS) is 10.7. The first-order valence-corrected chi connectivity index (χ1v) is 11.6. The van der Waals surface area contributed by atoms with Gasteiger partial charge in [-0.15, -0.1) is 11.3 Å². The predicted molar refractivity (Wildman–Crippen MR) is 136 cm³/mol. The maximum Gasteiger partial charge on any atom is 0.257 e. The molecule has 0 fully saturated rings. The van der Waals surface area contributed by atoms with Gasteiger partial charge < -0.3 is 10.1 Å². The van der Waals surface area contributed by atoms with Gasteiger partial charge in [0.1, 0.15) is 10.8 Å². The molecule has 162 valence electrons. The number of carbonyl (C=O) groups excluding carboxylic acids is 1. The average molecular weight is 502 g/mol. The number of benzene rings is 3. The number of anilines is 1. The lowest BCUT2D eigenvalue weighted by Crippen LogP contribution is -2.34. The van der Waals surface area contributed by atoms with Gasteiger partial charge in [0.2, 0.25) is 0 Å². The van der Waals surface area contributed by atoms with Crippen LogP contribution >= 0.6 is 46.8 Å². The summed E-state index contributed by atoms with van der Waals surface area (Å²) in [5.74, 6) is 0.251. The fourth-order valence-electron chi connectivity index (χ4n) is 3.02. The van der Waals surface area contributed by atoms with Gasteiger partial charge in [-0.3, -0.25) is 10.1 Å². The lowest BCUT2D eigenvalue weighted by Gasteiger charge is -2.13. The number of thiazole rings is 1. The Morgan fingerprint density at radius 1 is 1.09 bits per heavy atom. The number of nitrogens with zero attached hydrogens (tertiary/aromatic N) is 1. The number of rotatable bonds is 5. The standard InChI is InChI=1S/C23H17Cl2N3O2S2/c1-2-30-14-7-5-6-13(10-14)21(29)28-23(31)27-19-11-15(16(24)12-17(19)25)22-26-18-8-3-4-9-20(18)32-22/h3-12H,2H2,1H3,(H2,27,28,29,31). The summed E-state index contributed by atoms with van der Waals surface area (Å²) < 4.78 is 6.49. The third kappa shape index (κ3) is 5.02. The van der Waals surface area contributed by atoms with Gasteiger partial charge in [0.05, 0.1) is 32.6 Å². The number of carbonyl (C=O) groups is 1. The van der Waals surface area contributed by atoms with E-state index in [1.165, 1.54) is 11.3 Å². The van der Waals surface area contributed by atoms with Crippen LogP contribution in [0.4, 0.5) is 5.69 Å². The first-order chi connectivity index (χ1) is 15.4. The van der Waals surface area contributed by atoms with Crippen LogP contribution in [0.25, 0.3) is 20.8 Å². The molecular weight excluding hydrogens is 485 g/mol. The Hall–Kier alpha value is -2.71. The van der Waals surface area contributed by atoms with E-state index in [2.05, 4.69) is 15.6 Å². The largest absolute Gasteiger partial charge is 0.494 e. The fourth-order valence-corrected chi connectivity index (χ4v) is 4.79. The fraction of sp³-hybridized carbons (Fsp3) is 0.0870. The Labute approximate surface area is 204 Å². The zero-order chi connectivity index (χ0) is 22.7. The Balaban J connectivity index is 1.53. The summed E-state index contributed by atoms with van der Waals surface area (Å²) in [6, 6.07) is 18.1. The van der Waals surface area contributed by atoms with Crippen molar-refractivity contribution in [2.24, 2.45) is 0 Å². The Morgan fingerprint density at radius 2 is 1.91 bits per heavy atom. The van der Waals surface area contributed by atoms with Gasteiger partial charge in [0.15, 0.2) is 5.11 Å². The van der Waals surface area contributed by atoms with Crippen LogP contribution in [0.15, 0.2) is 60.7 Å². The molecule has 0 bridgehead atoms. The minimum atomic E-state index is -0.361. The lowest BCUT2D eigenvalue weighted by atomic mass is 10.2. The molecule has 0 aliphatic carbocycles.